The second-order valence-corrected chi connectivity index (χ2v) is 10.8. The second kappa shape index (κ2) is 7.83. The van der Waals surface area contributed by atoms with Crippen LogP contribution >= 0.6 is 11.8 Å². The van der Waals surface area contributed by atoms with Crippen LogP contribution in [0, 0.1) is 12.3 Å². The van der Waals surface area contributed by atoms with E-state index in [2.05, 4.69) is 44.0 Å². The van der Waals surface area contributed by atoms with Crippen molar-refractivity contribution < 1.29 is 4.74 Å². The number of benzene rings is 1. The van der Waals surface area contributed by atoms with Crippen LogP contribution in [0.1, 0.15) is 69.5 Å². The van der Waals surface area contributed by atoms with Crippen molar-refractivity contribution in [3.8, 4) is 23.6 Å². The van der Waals surface area contributed by atoms with E-state index in [1.54, 1.807) is 0 Å². The molecule has 1 aromatic carbocycles. The predicted molar refractivity (Wildman–Crippen MR) is 126 cm³/mol. The lowest BCUT2D eigenvalue weighted by Gasteiger charge is -2.39. The van der Waals surface area contributed by atoms with Crippen LogP contribution in [0.5, 0.6) is 0 Å². The lowest BCUT2D eigenvalue weighted by molar-refractivity contribution is -0.0710. The lowest BCUT2D eigenvalue weighted by Crippen LogP contribution is -2.44. The minimum Gasteiger partial charge on any atom is -0.375 e. The average Bonchev–Trinajstić information content (AvgIpc) is 3.19. The van der Waals surface area contributed by atoms with E-state index in [0.717, 1.165) is 54.1 Å². The van der Waals surface area contributed by atoms with E-state index in [1.807, 2.05) is 4.57 Å². The van der Waals surface area contributed by atoms with Crippen LogP contribution in [-0.4, -0.2) is 27.5 Å². The summed E-state index contributed by atoms with van der Waals surface area (Å²) in [7, 11) is 0. The van der Waals surface area contributed by atoms with Crippen molar-refractivity contribution in [2.24, 2.45) is 0 Å². The fourth-order valence-electron chi connectivity index (χ4n) is 5.97. The molecule has 1 saturated heterocycles. The fourth-order valence-corrected chi connectivity index (χ4v) is 6.71. The topological polar surface area (TPSA) is 44.1 Å². The van der Waals surface area contributed by atoms with E-state index in [-0.39, 0.29) is 22.6 Å². The first-order chi connectivity index (χ1) is 14.9. The highest BCUT2D eigenvalue weighted by Gasteiger charge is 2.45. The molecule has 5 heteroatoms. The van der Waals surface area contributed by atoms with Gasteiger partial charge < -0.3 is 4.74 Å². The van der Waals surface area contributed by atoms with Gasteiger partial charge in [-0.2, -0.15) is 0 Å². The molecule has 3 aliphatic rings. The van der Waals surface area contributed by atoms with E-state index >= 15 is 0 Å². The van der Waals surface area contributed by atoms with Crippen molar-refractivity contribution in [1.29, 1.82) is 0 Å². The first-order valence-electron chi connectivity index (χ1n) is 11.4. The monoisotopic (exact) mass is 434 g/mol. The Hall–Kier alpha value is -2.03. The number of ether oxygens (including phenoxy) is 1. The maximum Gasteiger partial charge on any atom is 0.258 e. The fraction of sp³-hybridized carbons (Fsp3) is 0.538. The number of thioether (sulfide) groups is 1. The van der Waals surface area contributed by atoms with Gasteiger partial charge in [-0.05, 0) is 51.5 Å². The summed E-state index contributed by atoms with van der Waals surface area (Å²) in [6.45, 7) is 4.88. The number of fused-ring (bicyclic) bond motifs is 4. The van der Waals surface area contributed by atoms with Gasteiger partial charge >= 0.3 is 0 Å². The second-order valence-electron chi connectivity index (χ2n) is 9.86. The zero-order valence-corrected chi connectivity index (χ0v) is 19.3. The molecule has 2 aromatic rings. The number of terminal acetylenes is 1. The molecule has 1 saturated carbocycles. The number of hydrogen-bond donors (Lipinski definition) is 0. The summed E-state index contributed by atoms with van der Waals surface area (Å²) >= 11 is 1.51. The summed E-state index contributed by atoms with van der Waals surface area (Å²) in [5, 5.41) is 0.759. The van der Waals surface area contributed by atoms with Gasteiger partial charge in [-0.15, -0.1) is 6.42 Å². The quantitative estimate of drug-likeness (QED) is 0.381. The Bertz CT molecular complexity index is 1110. The highest BCUT2D eigenvalue weighted by atomic mass is 32.2. The lowest BCUT2D eigenvalue weighted by atomic mass is 9.68. The first-order valence-corrected chi connectivity index (χ1v) is 12.4. The van der Waals surface area contributed by atoms with Crippen molar-refractivity contribution in [3.05, 3.63) is 45.7 Å². The zero-order chi connectivity index (χ0) is 21.6. The number of hydrogen-bond acceptors (Lipinski definition) is 4. The normalized spacial score (nSPS) is 23.2. The third kappa shape index (κ3) is 3.54. The van der Waals surface area contributed by atoms with Crippen molar-refractivity contribution in [2.45, 2.75) is 81.0 Å². The summed E-state index contributed by atoms with van der Waals surface area (Å²) < 4.78 is 7.94. The zero-order valence-electron chi connectivity index (χ0n) is 18.4. The molecule has 0 N–H and O–H groups in total. The van der Waals surface area contributed by atoms with Crippen LogP contribution < -0.4 is 5.56 Å². The minimum absolute atomic E-state index is 0.0779. The van der Waals surface area contributed by atoms with Gasteiger partial charge in [0.05, 0.1) is 22.6 Å². The minimum atomic E-state index is -0.246. The summed E-state index contributed by atoms with van der Waals surface area (Å²) in [6.07, 6.45) is 12.7. The Morgan fingerprint density at radius 1 is 1.29 bits per heavy atom. The van der Waals surface area contributed by atoms with Crippen LogP contribution in [-0.2, 0) is 16.6 Å². The number of nitrogens with zero attached hydrogens (tertiary/aromatic N) is 2. The molecule has 2 fully saturated rings. The van der Waals surface area contributed by atoms with E-state index in [0.29, 0.717) is 12.4 Å². The van der Waals surface area contributed by atoms with Gasteiger partial charge in [0.15, 0.2) is 5.16 Å². The van der Waals surface area contributed by atoms with E-state index in [4.69, 9.17) is 16.1 Å². The van der Waals surface area contributed by atoms with Crippen LogP contribution in [0.15, 0.2) is 34.2 Å². The van der Waals surface area contributed by atoms with Gasteiger partial charge in [-0.3, -0.25) is 9.36 Å². The largest absolute Gasteiger partial charge is 0.375 e. The molecule has 0 radical (unpaired) electrons. The van der Waals surface area contributed by atoms with Gasteiger partial charge in [0.2, 0.25) is 0 Å². The molecule has 0 amide bonds. The number of rotatable bonds is 3. The first kappa shape index (κ1) is 20.8. The Kier molecular flexibility index (Phi) is 5.27. The Balaban J connectivity index is 1.75. The van der Waals surface area contributed by atoms with E-state index in [9.17, 15) is 4.79 Å². The van der Waals surface area contributed by atoms with Crippen molar-refractivity contribution in [1.82, 2.24) is 9.55 Å². The Morgan fingerprint density at radius 2 is 2.06 bits per heavy atom. The molecule has 1 aliphatic heterocycles. The molecule has 1 aromatic heterocycles. The molecule has 1 spiro atoms. The molecule has 5 rings (SSSR count). The van der Waals surface area contributed by atoms with Crippen molar-refractivity contribution in [3.63, 3.8) is 0 Å². The van der Waals surface area contributed by atoms with E-state index < -0.39 is 0 Å². The average molecular weight is 435 g/mol. The predicted octanol–water partition coefficient (Wildman–Crippen LogP) is 5.13. The summed E-state index contributed by atoms with van der Waals surface area (Å²) in [5.74, 6) is 3.22. The summed E-state index contributed by atoms with van der Waals surface area (Å²) in [4.78, 5) is 19.5. The summed E-state index contributed by atoms with van der Waals surface area (Å²) in [5.41, 5.74) is 4.13. The molecule has 31 heavy (non-hydrogen) atoms. The van der Waals surface area contributed by atoms with Gasteiger partial charge in [0.1, 0.15) is 0 Å². The third-order valence-electron chi connectivity index (χ3n) is 7.30. The molecule has 4 nitrogen and oxygen atoms in total. The maximum atomic E-state index is 14.3. The van der Waals surface area contributed by atoms with Crippen LogP contribution in [0.2, 0.25) is 0 Å². The summed E-state index contributed by atoms with van der Waals surface area (Å²) in [6, 6.07) is 8.58. The molecule has 1 unspecified atom stereocenters. The van der Waals surface area contributed by atoms with Gasteiger partial charge in [-0.1, -0.05) is 54.8 Å². The van der Waals surface area contributed by atoms with Crippen molar-refractivity contribution >= 4 is 11.8 Å². The number of aromatic nitrogens is 2. The highest BCUT2D eigenvalue weighted by Crippen LogP contribution is 2.50. The maximum absolute atomic E-state index is 14.3. The van der Waals surface area contributed by atoms with Gasteiger partial charge in [0, 0.05) is 23.6 Å². The van der Waals surface area contributed by atoms with Gasteiger partial charge in [-0.25, -0.2) is 4.98 Å². The standard InChI is InChI=1S/C26H30N2O2S/c1-4-15-31-24-27-22-20-10-6-5-9-18(20)16-26(12-7-8-13-26)21(22)23(29)28(24)19-11-14-30-25(2,3)17-19/h1,5-6,9-10,19H,7-8,11-17H2,2-3H3. The SMILES string of the molecule is C#CCSc1nc2c(c(=O)n1C1CCOC(C)(C)C1)C1(CCCC1)Cc1ccccc1-2. The molecule has 2 aliphatic carbocycles. The van der Waals surface area contributed by atoms with Gasteiger partial charge in [0.25, 0.3) is 5.56 Å². The molecule has 162 valence electrons. The highest BCUT2D eigenvalue weighted by molar-refractivity contribution is 7.99. The van der Waals surface area contributed by atoms with Crippen LogP contribution in [0.4, 0.5) is 0 Å². The van der Waals surface area contributed by atoms with Crippen molar-refractivity contribution in [2.75, 3.05) is 12.4 Å². The third-order valence-corrected chi connectivity index (χ3v) is 8.15. The molecular formula is C26H30N2O2S. The Morgan fingerprint density at radius 3 is 2.81 bits per heavy atom. The Labute approximate surface area is 188 Å². The van der Waals surface area contributed by atoms with E-state index in [1.165, 1.54) is 30.2 Å². The smallest absolute Gasteiger partial charge is 0.258 e. The van der Waals surface area contributed by atoms with Crippen LogP contribution in [0.25, 0.3) is 11.3 Å². The molecule has 2 heterocycles. The molecule has 1 atom stereocenters. The molecular weight excluding hydrogens is 404 g/mol. The van der Waals surface area contributed by atoms with Crippen LogP contribution in [0.3, 0.4) is 0 Å². The molecule has 0 bridgehead atoms.